The lowest BCUT2D eigenvalue weighted by Crippen LogP contribution is -2.19. The summed E-state index contributed by atoms with van der Waals surface area (Å²) in [7, 11) is 0. The predicted octanol–water partition coefficient (Wildman–Crippen LogP) is 1.73. The molecule has 16 heavy (non-hydrogen) atoms. The summed E-state index contributed by atoms with van der Waals surface area (Å²) in [5.74, 6) is -0.891. The van der Waals surface area contributed by atoms with E-state index < -0.39 is 5.97 Å². The summed E-state index contributed by atoms with van der Waals surface area (Å²) < 4.78 is 0. The van der Waals surface area contributed by atoms with Crippen LogP contribution in [-0.4, -0.2) is 17.6 Å². The molecule has 2 N–H and O–H groups in total. The van der Waals surface area contributed by atoms with Crippen LogP contribution in [0.4, 0.5) is 0 Å². The van der Waals surface area contributed by atoms with E-state index in [0.717, 1.165) is 12.0 Å². The molecule has 1 aromatic rings. The highest BCUT2D eigenvalue weighted by molar-refractivity contribution is 5.90. The van der Waals surface area contributed by atoms with Gasteiger partial charge in [-0.2, -0.15) is 0 Å². The van der Waals surface area contributed by atoms with Gasteiger partial charge in [-0.15, -0.1) is 0 Å². The van der Waals surface area contributed by atoms with Crippen molar-refractivity contribution in [2.75, 3.05) is 6.54 Å². The van der Waals surface area contributed by atoms with E-state index in [4.69, 9.17) is 5.11 Å². The molecule has 1 aliphatic heterocycles. The van der Waals surface area contributed by atoms with Crippen molar-refractivity contribution in [3.63, 3.8) is 0 Å². The van der Waals surface area contributed by atoms with Gasteiger partial charge in [-0.3, -0.25) is 0 Å². The molecule has 0 saturated carbocycles. The molecule has 0 amide bonds. The average molecular weight is 215 g/mol. The Hall–Kier alpha value is -2.03. The summed E-state index contributed by atoms with van der Waals surface area (Å²) in [6.07, 6.45) is 4.07. The molecule has 0 aromatic heterocycles. The molecule has 0 atom stereocenters. The smallest absolute Gasteiger partial charge is 0.337 e. The van der Waals surface area contributed by atoms with E-state index in [-0.39, 0.29) is 0 Å². The van der Waals surface area contributed by atoms with Crippen LogP contribution >= 0.6 is 0 Å². The molecule has 1 aliphatic rings. The largest absolute Gasteiger partial charge is 0.478 e. The van der Waals surface area contributed by atoms with Crippen molar-refractivity contribution in [2.24, 2.45) is 0 Å². The molecular formula is C13H13NO2. The summed E-state index contributed by atoms with van der Waals surface area (Å²) in [6, 6.07) is 10.0. The number of hydrogen-bond donors (Lipinski definition) is 2. The summed E-state index contributed by atoms with van der Waals surface area (Å²) in [5.41, 5.74) is 2.60. The first-order chi connectivity index (χ1) is 7.75. The Morgan fingerprint density at radius 2 is 2.06 bits per heavy atom. The van der Waals surface area contributed by atoms with Crippen LogP contribution in [0, 0.1) is 0 Å². The summed E-state index contributed by atoms with van der Waals surface area (Å²) >= 11 is 0. The number of hydrogen-bond acceptors (Lipinski definition) is 2. The number of benzene rings is 1. The molecule has 0 saturated heterocycles. The topological polar surface area (TPSA) is 49.3 Å². The molecule has 0 fully saturated rings. The Kier molecular flexibility index (Phi) is 3.05. The Bertz CT molecular complexity index is 446. The van der Waals surface area contributed by atoms with E-state index in [1.807, 2.05) is 30.3 Å². The lowest BCUT2D eigenvalue weighted by atomic mass is 10.0. The van der Waals surface area contributed by atoms with E-state index in [0.29, 0.717) is 12.1 Å². The molecule has 3 nitrogen and oxygen atoms in total. The van der Waals surface area contributed by atoms with Crippen molar-refractivity contribution in [1.82, 2.24) is 5.32 Å². The second-order valence-corrected chi connectivity index (χ2v) is 3.75. The monoisotopic (exact) mass is 215 g/mol. The average Bonchev–Trinajstić information content (AvgIpc) is 2.30. The number of carboxylic acids is 1. The van der Waals surface area contributed by atoms with Gasteiger partial charge in [0, 0.05) is 12.7 Å². The summed E-state index contributed by atoms with van der Waals surface area (Å²) in [4.78, 5) is 10.8. The quantitative estimate of drug-likeness (QED) is 0.807. The van der Waals surface area contributed by atoms with Crippen LogP contribution in [0.25, 0.3) is 0 Å². The third-order valence-corrected chi connectivity index (χ3v) is 2.47. The third kappa shape index (κ3) is 2.51. The Labute approximate surface area is 94.1 Å². The van der Waals surface area contributed by atoms with Crippen molar-refractivity contribution in [1.29, 1.82) is 0 Å². The van der Waals surface area contributed by atoms with Crippen LogP contribution in [0.3, 0.4) is 0 Å². The van der Waals surface area contributed by atoms with Gasteiger partial charge in [-0.25, -0.2) is 4.79 Å². The molecule has 0 spiro atoms. The van der Waals surface area contributed by atoms with Crippen molar-refractivity contribution in [2.45, 2.75) is 6.42 Å². The fourth-order valence-corrected chi connectivity index (χ4v) is 1.70. The second kappa shape index (κ2) is 4.66. The molecule has 0 aliphatic carbocycles. The van der Waals surface area contributed by atoms with Crippen LogP contribution in [0.2, 0.25) is 0 Å². The number of aliphatic carboxylic acids is 1. The summed E-state index contributed by atoms with van der Waals surface area (Å²) in [6.45, 7) is 0.714. The highest BCUT2D eigenvalue weighted by Crippen LogP contribution is 2.13. The highest BCUT2D eigenvalue weighted by atomic mass is 16.4. The molecule has 2 rings (SSSR count). The molecule has 0 unspecified atom stereocenters. The van der Waals surface area contributed by atoms with Gasteiger partial charge < -0.3 is 10.4 Å². The van der Waals surface area contributed by atoms with Crippen molar-refractivity contribution < 1.29 is 9.90 Å². The fourth-order valence-electron chi connectivity index (χ4n) is 1.70. The van der Waals surface area contributed by atoms with Gasteiger partial charge in [0.05, 0.1) is 5.57 Å². The minimum atomic E-state index is -0.891. The van der Waals surface area contributed by atoms with Crippen LogP contribution in [0.15, 0.2) is 53.8 Å². The van der Waals surface area contributed by atoms with Gasteiger partial charge in [-0.1, -0.05) is 30.3 Å². The number of carboxylic acid groups (broad SMARTS) is 1. The maximum atomic E-state index is 10.8. The number of nitrogens with one attached hydrogen (secondary N) is 1. The Morgan fingerprint density at radius 3 is 2.75 bits per heavy atom. The van der Waals surface area contributed by atoms with E-state index in [9.17, 15) is 4.79 Å². The Balaban J connectivity index is 2.12. The van der Waals surface area contributed by atoms with E-state index in [1.165, 1.54) is 11.8 Å². The van der Waals surface area contributed by atoms with Gasteiger partial charge in [-0.05, 0) is 23.6 Å². The standard InChI is InChI=1S/C13H13NO2/c15-13(16)12-7-11(8-14-9-12)6-10-4-2-1-3-5-10/h1-5,7,9,14H,6,8H2,(H,15,16). The van der Waals surface area contributed by atoms with E-state index in [2.05, 4.69) is 5.32 Å². The van der Waals surface area contributed by atoms with E-state index in [1.54, 1.807) is 6.08 Å². The first kappa shape index (κ1) is 10.5. The zero-order valence-corrected chi connectivity index (χ0v) is 8.81. The SMILES string of the molecule is O=C(O)C1=CNCC(Cc2ccccc2)=C1. The van der Waals surface area contributed by atoms with Gasteiger partial charge in [0.15, 0.2) is 0 Å². The van der Waals surface area contributed by atoms with Crippen LogP contribution < -0.4 is 5.32 Å². The molecule has 1 heterocycles. The highest BCUT2D eigenvalue weighted by Gasteiger charge is 2.10. The zero-order valence-electron chi connectivity index (χ0n) is 8.81. The molecule has 3 heteroatoms. The van der Waals surface area contributed by atoms with E-state index >= 15 is 0 Å². The van der Waals surface area contributed by atoms with Crippen LogP contribution in [-0.2, 0) is 11.2 Å². The Morgan fingerprint density at radius 1 is 1.31 bits per heavy atom. The number of rotatable bonds is 3. The van der Waals surface area contributed by atoms with Crippen molar-refractivity contribution in [3.8, 4) is 0 Å². The molecule has 0 bridgehead atoms. The maximum Gasteiger partial charge on any atom is 0.337 e. The van der Waals surface area contributed by atoms with Crippen LogP contribution in [0.1, 0.15) is 5.56 Å². The third-order valence-electron chi connectivity index (χ3n) is 2.47. The maximum absolute atomic E-state index is 10.8. The van der Waals surface area contributed by atoms with Gasteiger partial charge in [0.1, 0.15) is 0 Å². The normalized spacial score (nSPS) is 14.8. The predicted molar refractivity (Wildman–Crippen MR) is 62.0 cm³/mol. The first-order valence-electron chi connectivity index (χ1n) is 5.16. The van der Waals surface area contributed by atoms with Gasteiger partial charge in [0.2, 0.25) is 0 Å². The van der Waals surface area contributed by atoms with Crippen LogP contribution in [0.5, 0.6) is 0 Å². The molecule has 82 valence electrons. The van der Waals surface area contributed by atoms with Crippen molar-refractivity contribution in [3.05, 3.63) is 59.3 Å². The summed E-state index contributed by atoms with van der Waals surface area (Å²) in [5, 5.41) is 11.8. The minimum absolute atomic E-state index is 0.317. The fraction of sp³-hybridized carbons (Fsp3) is 0.154. The second-order valence-electron chi connectivity index (χ2n) is 3.75. The minimum Gasteiger partial charge on any atom is -0.478 e. The van der Waals surface area contributed by atoms with Gasteiger partial charge in [0.25, 0.3) is 0 Å². The lowest BCUT2D eigenvalue weighted by molar-refractivity contribution is -0.132. The zero-order chi connectivity index (χ0) is 11.4. The first-order valence-corrected chi connectivity index (χ1v) is 5.16. The van der Waals surface area contributed by atoms with Gasteiger partial charge >= 0.3 is 5.97 Å². The molecule has 0 radical (unpaired) electrons. The molecule has 1 aromatic carbocycles. The van der Waals surface area contributed by atoms with Crippen molar-refractivity contribution >= 4 is 5.97 Å². The number of carbonyl (C=O) groups is 1. The molecular weight excluding hydrogens is 202 g/mol. The lowest BCUT2D eigenvalue weighted by Gasteiger charge is -2.13. The number of dihydropyridines is 1.